The normalized spacial score (nSPS) is 18.7. The maximum absolute atomic E-state index is 11.3. The molecule has 21 heavy (non-hydrogen) atoms. The molecule has 1 saturated heterocycles. The van der Waals surface area contributed by atoms with Crippen molar-refractivity contribution in [3.63, 3.8) is 0 Å². The fourth-order valence-electron chi connectivity index (χ4n) is 2.84. The van der Waals surface area contributed by atoms with Gasteiger partial charge in [-0.2, -0.15) is 0 Å². The van der Waals surface area contributed by atoms with Crippen molar-refractivity contribution in [3.05, 3.63) is 42.1 Å². The molecule has 2 heterocycles. The van der Waals surface area contributed by atoms with Crippen LogP contribution in [0.3, 0.4) is 0 Å². The fraction of sp³-hybridized carbons (Fsp3) is 0.412. The smallest absolute Gasteiger partial charge is 0.309 e. The van der Waals surface area contributed by atoms with E-state index in [9.17, 15) is 9.90 Å². The van der Waals surface area contributed by atoms with Crippen LogP contribution in [0.1, 0.15) is 25.5 Å². The first kappa shape index (κ1) is 14.0. The van der Waals surface area contributed by atoms with Gasteiger partial charge in [-0.1, -0.05) is 24.3 Å². The number of carboxylic acid groups (broad SMARTS) is 1. The molecule has 1 aromatic carbocycles. The van der Waals surface area contributed by atoms with Crippen LogP contribution in [-0.2, 0) is 11.3 Å². The third-order valence-electron chi connectivity index (χ3n) is 4.52. The van der Waals surface area contributed by atoms with Gasteiger partial charge in [0.05, 0.1) is 16.6 Å². The number of aromatic nitrogens is 1. The highest BCUT2D eigenvalue weighted by Crippen LogP contribution is 2.31. The van der Waals surface area contributed by atoms with E-state index in [-0.39, 0.29) is 0 Å². The van der Waals surface area contributed by atoms with Crippen molar-refractivity contribution >= 4 is 16.9 Å². The molecule has 0 atom stereocenters. The molecule has 0 aliphatic carbocycles. The molecule has 1 fully saturated rings. The number of carbonyl (C=O) groups is 1. The highest BCUT2D eigenvalue weighted by Gasteiger charge is 2.36. The van der Waals surface area contributed by atoms with Crippen molar-refractivity contribution in [1.82, 2.24) is 9.88 Å². The molecule has 3 rings (SSSR count). The quantitative estimate of drug-likeness (QED) is 0.941. The van der Waals surface area contributed by atoms with Crippen LogP contribution in [0.2, 0.25) is 0 Å². The SMILES string of the molecule is CC1(C(=O)O)CCN(Cc2ccc3ccccc3n2)CC1. The number of pyridine rings is 1. The Balaban J connectivity index is 1.68. The number of fused-ring (bicyclic) bond motifs is 1. The molecule has 0 spiro atoms. The number of piperidine rings is 1. The second kappa shape index (κ2) is 5.45. The Hall–Kier alpha value is -1.94. The van der Waals surface area contributed by atoms with Gasteiger partial charge in [0.2, 0.25) is 0 Å². The van der Waals surface area contributed by atoms with Crippen molar-refractivity contribution < 1.29 is 9.90 Å². The molecule has 110 valence electrons. The van der Waals surface area contributed by atoms with Crippen molar-refractivity contribution in [2.75, 3.05) is 13.1 Å². The maximum Gasteiger partial charge on any atom is 0.309 e. The third-order valence-corrected chi connectivity index (χ3v) is 4.52. The molecule has 4 heteroatoms. The lowest BCUT2D eigenvalue weighted by molar-refractivity contribution is -0.150. The van der Waals surface area contributed by atoms with Crippen LogP contribution >= 0.6 is 0 Å². The van der Waals surface area contributed by atoms with E-state index >= 15 is 0 Å². The average molecular weight is 284 g/mol. The number of benzene rings is 1. The Kier molecular flexibility index (Phi) is 3.64. The predicted molar refractivity (Wildman–Crippen MR) is 82.0 cm³/mol. The number of para-hydroxylation sites is 1. The zero-order valence-corrected chi connectivity index (χ0v) is 12.2. The van der Waals surface area contributed by atoms with Gasteiger partial charge in [0.1, 0.15) is 0 Å². The Labute approximate surface area is 124 Å². The summed E-state index contributed by atoms with van der Waals surface area (Å²) >= 11 is 0. The maximum atomic E-state index is 11.3. The second-order valence-corrected chi connectivity index (χ2v) is 6.14. The van der Waals surface area contributed by atoms with Gasteiger partial charge in [-0.05, 0) is 45.0 Å². The Morgan fingerprint density at radius 1 is 1.24 bits per heavy atom. The standard InChI is InChI=1S/C17H20N2O2/c1-17(16(20)21)8-10-19(11-9-17)12-14-7-6-13-4-2-3-5-15(13)18-14/h2-7H,8-12H2,1H3,(H,20,21). The highest BCUT2D eigenvalue weighted by atomic mass is 16.4. The second-order valence-electron chi connectivity index (χ2n) is 6.14. The minimum atomic E-state index is -0.675. The molecular formula is C17H20N2O2. The van der Waals surface area contributed by atoms with Crippen LogP contribution in [0.4, 0.5) is 0 Å². The van der Waals surface area contributed by atoms with E-state index in [0.29, 0.717) is 12.8 Å². The Morgan fingerprint density at radius 2 is 1.95 bits per heavy atom. The first-order valence-corrected chi connectivity index (χ1v) is 7.37. The molecule has 0 amide bonds. The zero-order chi connectivity index (χ0) is 14.9. The molecule has 1 aliphatic heterocycles. The number of hydrogen-bond donors (Lipinski definition) is 1. The number of likely N-dealkylation sites (tertiary alicyclic amines) is 1. The lowest BCUT2D eigenvalue weighted by atomic mass is 9.80. The van der Waals surface area contributed by atoms with Crippen LogP contribution in [0.15, 0.2) is 36.4 Å². The molecule has 1 aromatic heterocycles. The van der Waals surface area contributed by atoms with Crippen molar-refractivity contribution in [2.24, 2.45) is 5.41 Å². The van der Waals surface area contributed by atoms with Crippen LogP contribution in [-0.4, -0.2) is 34.0 Å². The summed E-state index contributed by atoms with van der Waals surface area (Å²) in [4.78, 5) is 18.2. The summed E-state index contributed by atoms with van der Waals surface area (Å²) in [5.74, 6) is -0.675. The van der Waals surface area contributed by atoms with Crippen LogP contribution in [0.25, 0.3) is 10.9 Å². The minimum Gasteiger partial charge on any atom is -0.481 e. The van der Waals surface area contributed by atoms with Gasteiger partial charge in [-0.25, -0.2) is 0 Å². The first-order valence-electron chi connectivity index (χ1n) is 7.37. The summed E-state index contributed by atoms with van der Waals surface area (Å²) in [6, 6.07) is 12.3. The first-order chi connectivity index (χ1) is 10.1. The topological polar surface area (TPSA) is 53.4 Å². The van der Waals surface area contributed by atoms with Gasteiger partial charge in [-0.15, -0.1) is 0 Å². The molecule has 0 unspecified atom stereocenters. The minimum absolute atomic E-state index is 0.562. The number of rotatable bonds is 3. The molecular weight excluding hydrogens is 264 g/mol. The van der Waals surface area contributed by atoms with Gasteiger partial charge in [0.25, 0.3) is 0 Å². The van der Waals surface area contributed by atoms with E-state index in [4.69, 9.17) is 0 Å². The summed E-state index contributed by atoms with van der Waals surface area (Å²) in [7, 11) is 0. The number of nitrogens with zero attached hydrogens (tertiary/aromatic N) is 2. The molecule has 1 aliphatic rings. The Morgan fingerprint density at radius 3 is 2.67 bits per heavy atom. The highest BCUT2D eigenvalue weighted by molar-refractivity contribution is 5.78. The monoisotopic (exact) mass is 284 g/mol. The summed E-state index contributed by atoms with van der Waals surface area (Å²) in [5.41, 5.74) is 1.50. The largest absolute Gasteiger partial charge is 0.481 e. The van der Waals surface area contributed by atoms with Crippen molar-refractivity contribution in [1.29, 1.82) is 0 Å². The van der Waals surface area contributed by atoms with Gasteiger partial charge >= 0.3 is 5.97 Å². The van der Waals surface area contributed by atoms with Gasteiger partial charge in [0, 0.05) is 11.9 Å². The van der Waals surface area contributed by atoms with E-state index in [1.807, 2.05) is 25.1 Å². The number of aliphatic carboxylic acids is 1. The van der Waals surface area contributed by atoms with E-state index in [1.165, 1.54) is 0 Å². The van der Waals surface area contributed by atoms with E-state index in [0.717, 1.165) is 36.2 Å². The van der Waals surface area contributed by atoms with Crippen molar-refractivity contribution in [2.45, 2.75) is 26.3 Å². The van der Waals surface area contributed by atoms with Crippen LogP contribution in [0.5, 0.6) is 0 Å². The van der Waals surface area contributed by atoms with E-state index < -0.39 is 11.4 Å². The molecule has 1 N–H and O–H groups in total. The fourth-order valence-corrected chi connectivity index (χ4v) is 2.84. The summed E-state index contributed by atoms with van der Waals surface area (Å²) < 4.78 is 0. The van der Waals surface area contributed by atoms with Crippen LogP contribution in [0, 0.1) is 5.41 Å². The van der Waals surface area contributed by atoms with Crippen LogP contribution < -0.4 is 0 Å². The average Bonchev–Trinajstić information content (AvgIpc) is 2.49. The van der Waals surface area contributed by atoms with Crippen molar-refractivity contribution in [3.8, 4) is 0 Å². The number of carboxylic acids is 1. The molecule has 0 radical (unpaired) electrons. The summed E-state index contributed by atoms with van der Waals surface area (Å²) in [6.07, 6.45) is 1.41. The predicted octanol–water partition coefficient (Wildman–Crippen LogP) is 2.92. The van der Waals surface area contributed by atoms with E-state index in [2.05, 4.69) is 28.1 Å². The molecule has 4 nitrogen and oxygen atoms in total. The molecule has 0 bridgehead atoms. The summed E-state index contributed by atoms with van der Waals surface area (Å²) in [5, 5.41) is 10.4. The molecule has 0 saturated carbocycles. The van der Waals surface area contributed by atoms with Gasteiger partial charge < -0.3 is 5.11 Å². The zero-order valence-electron chi connectivity index (χ0n) is 12.2. The third kappa shape index (κ3) is 2.90. The summed E-state index contributed by atoms with van der Waals surface area (Å²) in [6.45, 7) is 4.27. The lowest BCUT2D eigenvalue weighted by Gasteiger charge is -2.36. The van der Waals surface area contributed by atoms with Gasteiger partial charge in [0.15, 0.2) is 0 Å². The molecule has 2 aromatic rings. The number of hydrogen-bond acceptors (Lipinski definition) is 3. The lowest BCUT2D eigenvalue weighted by Crippen LogP contribution is -2.42. The Bertz CT molecular complexity index is 661. The van der Waals surface area contributed by atoms with Gasteiger partial charge in [-0.3, -0.25) is 14.7 Å². The van der Waals surface area contributed by atoms with E-state index in [1.54, 1.807) is 0 Å².